The van der Waals surface area contributed by atoms with Gasteiger partial charge in [0.25, 0.3) is 0 Å². The van der Waals surface area contributed by atoms with Gasteiger partial charge in [-0.2, -0.15) is 0 Å². The van der Waals surface area contributed by atoms with Gasteiger partial charge in [-0.1, -0.05) is 26.2 Å². The Morgan fingerprint density at radius 1 is 1.20 bits per heavy atom. The molecule has 6 heteroatoms. The first kappa shape index (κ1) is 19.2. The van der Waals surface area contributed by atoms with Crippen LogP contribution in [0.15, 0.2) is 0 Å². The zero-order valence-electron chi connectivity index (χ0n) is 12.4. The first-order chi connectivity index (χ1) is 9.06. The van der Waals surface area contributed by atoms with Gasteiger partial charge in [0.1, 0.15) is 5.54 Å². The highest BCUT2D eigenvalue weighted by Crippen LogP contribution is 2.34. The van der Waals surface area contributed by atoms with E-state index in [0.717, 1.165) is 19.3 Å². The maximum Gasteiger partial charge on any atom is 0.324 e. The van der Waals surface area contributed by atoms with Crippen LogP contribution in [0.25, 0.3) is 0 Å². The van der Waals surface area contributed by atoms with E-state index in [0.29, 0.717) is 32.5 Å². The highest BCUT2D eigenvalue weighted by atomic mass is 35.5. The number of likely N-dealkylation sites (N-methyl/N-ethyl adjacent to an activating group) is 1. The first-order valence-corrected chi connectivity index (χ1v) is 7.21. The molecule has 0 radical (unpaired) electrons. The van der Waals surface area contributed by atoms with Crippen molar-refractivity contribution in [1.82, 2.24) is 4.90 Å². The van der Waals surface area contributed by atoms with Crippen molar-refractivity contribution in [2.75, 3.05) is 19.7 Å². The molecule has 118 valence electrons. The SMILES string of the molecule is CCOC(=O)CCN(CC)C1(C(=O)O)CCCCC1.Cl. The van der Waals surface area contributed by atoms with Crippen LogP contribution in [-0.4, -0.2) is 47.2 Å². The van der Waals surface area contributed by atoms with Crippen LogP contribution in [0.3, 0.4) is 0 Å². The molecule has 1 aliphatic carbocycles. The predicted molar refractivity (Wildman–Crippen MR) is 79.2 cm³/mol. The van der Waals surface area contributed by atoms with Crippen molar-refractivity contribution in [2.24, 2.45) is 0 Å². The summed E-state index contributed by atoms with van der Waals surface area (Å²) in [5, 5.41) is 9.60. The molecular formula is C14H26ClNO4. The zero-order chi connectivity index (χ0) is 14.3. The average Bonchev–Trinajstić information content (AvgIpc) is 2.40. The van der Waals surface area contributed by atoms with Gasteiger partial charge in [-0.25, -0.2) is 0 Å². The van der Waals surface area contributed by atoms with Crippen LogP contribution in [0.2, 0.25) is 0 Å². The Hall–Kier alpha value is -0.810. The molecule has 1 N–H and O–H groups in total. The summed E-state index contributed by atoms with van der Waals surface area (Å²) in [5.74, 6) is -1.00. The van der Waals surface area contributed by atoms with Gasteiger partial charge in [0.05, 0.1) is 13.0 Å². The van der Waals surface area contributed by atoms with E-state index >= 15 is 0 Å². The molecule has 0 aromatic heterocycles. The minimum Gasteiger partial charge on any atom is -0.480 e. The zero-order valence-corrected chi connectivity index (χ0v) is 13.2. The molecule has 0 amide bonds. The fourth-order valence-corrected chi connectivity index (χ4v) is 2.94. The number of ether oxygens (including phenoxy) is 1. The lowest BCUT2D eigenvalue weighted by atomic mass is 9.80. The van der Waals surface area contributed by atoms with Gasteiger partial charge in [0.15, 0.2) is 0 Å². The lowest BCUT2D eigenvalue weighted by Gasteiger charge is -2.42. The lowest BCUT2D eigenvalue weighted by Crippen LogP contribution is -2.56. The molecule has 5 nitrogen and oxygen atoms in total. The number of aliphatic carboxylic acids is 1. The molecule has 0 atom stereocenters. The van der Waals surface area contributed by atoms with E-state index < -0.39 is 11.5 Å². The normalized spacial score (nSPS) is 17.4. The highest BCUT2D eigenvalue weighted by Gasteiger charge is 2.44. The number of halogens is 1. The molecule has 0 bridgehead atoms. The van der Waals surface area contributed by atoms with E-state index in [4.69, 9.17) is 4.74 Å². The minimum atomic E-state index is -0.778. The van der Waals surface area contributed by atoms with Gasteiger partial charge < -0.3 is 9.84 Å². The van der Waals surface area contributed by atoms with E-state index in [2.05, 4.69) is 0 Å². The van der Waals surface area contributed by atoms with E-state index in [9.17, 15) is 14.7 Å². The Bertz CT molecular complexity index is 316. The van der Waals surface area contributed by atoms with Crippen molar-refractivity contribution in [2.45, 2.75) is 57.9 Å². The van der Waals surface area contributed by atoms with Gasteiger partial charge in [-0.15, -0.1) is 12.4 Å². The number of hydrogen-bond donors (Lipinski definition) is 1. The predicted octanol–water partition coefficient (Wildman–Crippen LogP) is 2.47. The molecular weight excluding hydrogens is 282 g/mol. The number of carboxylic acid groups (broad SMARTS) is 1. The Balaban J connectivity index is 0.00000361. The Kier molecular flexibility index (Phi) is 8.81. The molecule has 0 heterocycles. The molecule has 0 unspecified atom stereocenters. The molecule has 1 fully saturated rings. The summed E-state index contributed by atoms with van der Waals surface area (Å²) < 4.78 is 4.90. The van der Waals surface area contributed by atoms with Crippen LogP contribution < -0.4 is 0 Å². The summed E-state index contributed by atoms with van der Waals surface area (Å²) in [7, 11) is 0. The number of rotatable bonds is 7. The monoisotopic (exact) mass is 307 g/mol. The highest BCUT2D eigenvalue weighted by molar-refractivity contribution is 5.85. The number of esters is 1. The van der Waals surface area contributed by atoms with Crippen LogP contribution in [-0.2, 0) is 14.3 Å². The second-order valence-corrected chi connectivity index (χ2v) is 5.03. The maximum absolute atomic E-state index is 11.7. The maximum atomic E-state index is 11.7. The fourth-order valence-electron chi connectivity index (χ4n) is 2.94. The second kappa shape index (κ2) is 9.19. The largest absolute Gasteiger partial charge is 0.480 e. The summed E-state index contributed by atoms with van der Waals surface area (Å²) in [5.41, 5.74) is -0.778. The molecule has 0 aliphatic heterocycles. The van der Waals surface area contributed by atoms with Gasteiger partial charge in [0.2, 0.25) is 0 Å². The molecule has 0 aromatic carbocycles. The summed E-state index contributed by atoms with van der Waals surface area (Å²) in [6, 6.07) is 0. The van der Waals surface area contributed by atoms with Crippen LogP contribution in [0, 0.1) is 0 Å². The Labute approximate surface area is 127 Å². The first-order valence-electron chi connectivity index (χ1n) is 7.21. The third kappa shape index (κ3) is 4.63. The molecule has 1 rings (SSSR count). The number of carbonyl (C=O) groups is 2. The number of carbonyl (C=O) groups excluding carboxylic acids is 1. The summed E-state index contributed by atoms with van der Waals surface area (Å²) in [4.78, 5) is 25.0. The van der Waals surface area contributed by atoms with Crippen molar-refractivity contribution < 1.29 is 19.4 Å². The van der Waals surface area contributed by atoms with Crippen molar-refractivity contribution in [3.05, 3.63) is 0 Å². The summed E-state index contributed by atoms with van der Waals surface area (Å²) in [6.07, 6.45) is 4.61. The van der Waals surface area contributed by atoms with E-state index in [1.807, 2.05) is 11.8 Å². The van der Waals surface area contributed by atoms with Crippen LogP contribution in [0.5, 0.6) is 0 Å². The number of carboxylic acids is 1. The minimum absolute atomic E-state index is 0. The van der Waals surface area contributed by atoms with Crippen molar-refractivity contribution in [3.8, 4) is 0 Å². The molecule has 0 saturated heterocycles. The number of nitrogens with zero attached hydrogens (tertiary/aromatic N) is 1. The van der Waals surface area contributed by atoms with Crippen molar-refractivity contribution in [1.29, 1.82) is 0 Å². The van der Waals surface area contributed by atoms with Gasteiger partial charge in [-0.05, 0) is 26.3 Å². The third-order valence-electron chi connectivity index (χ3n) is 3.96. The van der Waals surface area contributed by atoms with Gasteiger partial charge in [-0.3, -0.25) is 14.5 Å². The van der Waals surface area contributed by atoms with Gasteiger partial charge in [0, 0.05) is 6.54 Å². The van der Waals surface area contributed by atoms with Crippen LogP contribution >= 0.6 is 12.4 Å². The average molecular weight is 308 g/mol. The van der Waals surface area contributed by atoms with Crippen LogP contribution in [0.1, 0.15) is 52.4 Å². The summed E-state index contributed by atoms with van der Waals surface area (Å²) >= 11 is 0. The van der Waals surface area contributed by atoms with Crippen molar-refractivity contribution in [3.63, 3.8) is 0 Å². The second-order valence-electron chi connectivity index (χ2n) is 5.03. The topological polar surface area (TPSA) is 66.8 Å². The molecule has 1 saturated carbocycles. The molecule has 0 aromatic rings. The van der Waals surface area contributed by atoms with E-state index in [1.165, 1.54) is 0 Å². The summed E-state index contributed by atoms with van der Waals surface area (Å²) in [6.45, 7) is 5.20. The van der Waals surface area contributed by atoms with Crippen molar-refractivity contribution >= 4 is 24.3 Å². The quantitative estimate of drug-likeness (QED) is 0.732. The Morgan fingerprint density at radius 3 is 2.25 bits per heavy atom. The number of hydrogen-bond acceptors (Lipinski definition) is 4. The van der Waals surface area contributed by atoms with E-state index in [-0.39, 0.29) is 24.8 Å². The Morgan fingerprint density at radius 2 is 1.80 bits per heavy atom. The molecule has 1 aliphatic rings. The van der Waals surface area contributed by atoms with Gasteiger partial charge >= 0.3 is 11.9 Å². The van der Waals surface area contributed by atoms with E-state index in [1.54, 1.807) is 6.92 Å². The molecule has 0 spiro atoms. The smallest absolute Gasteiger partial charge is 0.324 e. The third-order valence-corrected chi connectivity index (χ3v) is 3.96. The standard InChI is InChI=1S/C14H25NO4.ClH/c1-3-15(11-8-12(16)19-4-2)14(13(17)18)9-6-5-7-10-14;/h3-11H2,1-2H3,(H,17,18);1H. The lowest BCUT2D eigenvalue weighted by molar-refractivity contribution is -0.156. The molecule has 20 heavy (non-hydrogen) atoms. The van der Waals surface area contributed by atoms with Crippen LogP contribution in [0.4, 0.5) is 0 Å². The fraction of sp³-hybridized carbons (Fsp3) is 0.857.